The summed E-state index contributed by atoms with van der Waals surface area (Å²) in [5.41, 5.74) is 4.09. The van der Waals surface area contributed by atoms with E-state index in [2.05, 4.69) is 10.7 Å². The lowest BCUT2D eigenvalue weighted by Crippen LogP contribution is -2.37. The highest BCUT2D eigenvalue weighted by molar-refractivity contribution is 5.97. The van der Waals surface area contributed by atoms with Crippen molar-refractivity contribution in [2.75, 3.05) is 19.4 Å². The van der Waals surface area contributed by atoms with Crippen LogP contribution in [-0.2, 0) is 16.0 Å². The quantitative estimate of drug-likeness (QED) is 0.781. The lowest BCUT2D eigenvalue weighted by Gasteiger charge is -2.23. The van der Waals surface area contributed by atoms with E-state index in [-0.39, 0.29) is 18.2 Å². The molecular weight excluding hydrogens is 246 g/mol. The van der Waals surface area contributed by atoms with E-state index in [1.165, 1.54) is 0 Å². The molecule has 1 atom stereocenters. The highest BCUT2D eigenvalue weighted by Gasteiger charge is 2.23. The Morgan fingerprint density at radius 1 is 1.47 bits per heavy atom. The first-order valence-electron chi connectivity index (χ1n) is 6.03. The molecule has 0 bridgehead atoms. The largest absolute Gasteiger partial charge is 0.479 e. The summed E-state index contributed by atoms with van der Waals surface area (Å²) in [6.07, 6.45) is -0.243. The maximum absolute atomic E-state index is 11.6. The van der Waals surface area contributed by atoms with Gasteiger partial charge in [0.15, 0.2) is 6.10 Å². The molecule has 0 aliphatic carbocycles. The molecule has 6 heteroatoms. The second-order valence-electron chi connectivity index (χ2n) is 4.69. The van der Waals surface area contributed by atoms with Crippen LogP contribution in [0.2, 0.25) is 0 Å². The first-order valence-corrected chi connectivity index (χ1v) is 6.03. The molecule has 0 fully saturated rings. The lowest BCUT2D eigenvalue weighted by molar-refractivity contribution is -0.124. The van der Waals surface area contributed by atoms with Crippen LogP contribution in [0, 0.1) is 0 Å². The van der Waals surface area contributed by atoms with Gasteiger partial charge in [-0.25, -0.2) is 5.01 Å². The van der Waals surface area contributed by atoms with E-state index in [1.54, 1.807) is 38.2 Å². The number of carbonyl (C=O) groups is 2. The molecule has 1 aliphatic heterocycles. The molecule has 0 aromatic heterocycles. The van der Waals surface area contributed by atoms with Crippen LogP contribution in [0.5, 0.6) is 5.75 Å². The number of anilines is 1. The fourth-order valence-electron chi connectivity index (χ4n) is 1.84. The van der Waals surface area contributed by atoms with Crippen LogP contribution in [0.15, 0.2) is 18.2 Å². The molecule has 102 valence electrons. The fourth-order valence-corrected chi connectivity index (χ4v) is 1.84. The lowest BCUT2D eigenvalue weighted by atomic mass is 10.1. The number of hydrogen-bond donors (Lipinski definition) is 2. The number of ether oxygens (including phenoxy) is 1. The van der Waals surface area contributed by atoms with Crippen LogP contribution in [0.25, 0.3) is 0 Å². The molecule has 1 aromatic carbocycles. The average Bonchev–Trinajstić information content (AvgIpc) is 2.30. The normalized spacial score (nSPS) is 17.5. The van der Waals surface area contributed by atoms with E-state index >= 15 is 0 Å². The summed E-state index contributed by atoms with van der Waals surface area (Å²) in [6, 6.07) is 5.34. The highest BCUT2D eigenvalue weighted by Crippen LogP contribution is 2.30. The molecule has 6 nitrogen and oxygen atoms in total. The van der Waals surface area contributed by atoms with Gasteiger partial charge in [-0.1, -0.05) is 6.07 Å². The number of carbonyl (C=O) groups excluding carboxylic acids is 2. The fraction of sp³-hybridized carbons (Fsp3) is 0.385. The predicted octanol–water partition coefficient (Wildman–Crippen LogP) is 0.541. The monoisotopic (exact) mass is 263 g/mol. The number of hydrazine groups is 1. The van der Waals surface area contributed by atoms with Crippen molar-refractivity contribution in [3.63, 3.8) is 0 Å². The predicted molar refractivity (Wildman–Crippen MR) is 70.7 cm³/mol. The molecular formula is C13H17N3O3. The standard InChI is InChI=1S/C13H17N3O3/c1-8-13(18)14-10-6-9(4-5-11(10)19-8)7-12(17)15-16(2)3/h4-6,8H,7H2,1-3H3,(H,14,18)(H,15,17). The molecule has 0 radical (unpaired) electrons. The van der Waals surface area contributed by atoms with Gasteiger partial charge in [0, 0.05) is 14.1 Å². The topological polar surface area (TPSA) is 70.7 Å². The van der Waals surface area contributed by atoms with Gasteiger partial charge in [-0.05, 0) is 24.6 Å². The summed E-state index contributed by atoms with van der Waals surface area (Å²) in [5.74, 6) is 0.340. The van der Waals surface area contributed by atoms with Gasteiger partial charge >= 0.3 is 0 Å². The smallest absolute Gasteiger partial charge is 0.265 e. The summed E-state index contributed by atoms with van der Waals surface area (Å²) >= 11 is 0. The zero-order valence-corrected chi connectivity index (χ0v) is 11.2. The second-order valence-corrected chi connectivity index (χ2v) is 4.69. The minimum Gasteiger partial charge on any atom is -0.479 e. The maximum Gasteiger partial charge on any atom is 0.265 e. The Bertz CT molecular complexity index is 514. The van der Waals surface area contributed by atoms with Gasteiger partial charge in [0.2, 0.25) is 5.91 Å². The van der Waals surface area contributed by atoms with Crippen molar-refractivity contribution >= 4 is 17.5 Å². The van der Waals surface area contributed by atoms with Crippen LogP contribution >= 0.6 is 0 Å². The van der Waals surface area contributed by atoms with Crippen molar-refractivity contribution in [1.29, 1.82) is 0 Å². The summed E-state index contributed by atoms with van der Waals surface area (Å²) in [4.78, 5) is 23.1. The Morgan fingerprint density at radius 3 is 2.89 bits per heavy atom. The minimum absolute atomic E-state index is 0.110. The van der Waals surface area contributed by atoms with E-state index in [0.717, 1.165) is 5.56 Å². The SMILES string of the molecule is CC1Oc2ccc(CC(=O)NN(C)C)cc2NC1=O. The Labute approximate surface area is 111 Å². The summed E-state index contributed by atoms with van der Waals surface area (Å²) in [7, 11) is 3.50. The van der Waals surface area contributed by atoms with Gasteiger partial charge in [-0.2, -0.15) is 0 Å². The molecule has 1 unspecified atom stereocenters. The molecule has 19 heavy (non-hydrogen) atoms. The van der Waals surface area contributed by atoms with Crippen LogP contribution < -0.4 is 15.5 Å². The van der Waals surface area contributed by atoms with Crippen LogP contribution in [-0.4, -0.2) is 37.0 Å². The highest BCUT2D eigenvalue weighted by atomic mass is 16.5. The third-order valence-corrected chi connectivity index (χ3v) is 2.69. The molecule has 1 heterocycles. The van der Waals surface area contributed by atoms with Crippen LogP contribution in [0.1, 0.15) is 12.5 Å². The van der Waals surface area contributed by atoms with E-state index in [4.69, 9.17) is 4.74 Å². The second kappa shape index (κ2) is 5.27. The van der Waals surface area contributed by atoms with Gasteiger partial charge in [-0.15, -0.1) is 0 Å². The van der Waals surface area contributed by atoms with Gasteiger partial charge in [-0.3, -0.25) is 15.0 Å². The van der Waals surface area contributed by atoms with E-state index in [0.29, 0.717) is 11.4 Å². The molecule has 1 aromatic rings. The molecule has 2 amide bonds. The van der Waals surface area contributed by atoms with Gasteiger partial charge < -0.3 is 10.1 Å². The van der Waals surface area contributed by atoms with E-state index in [9.17, 15) is 9.59 Å². The summed E-state index contributed by atoms with van der Waals surface area (Å²) in [5, 5.41) is 4.35. The number of amides is 2. The molecule has 2 N–H and O–H groups in total. The molecule has 0 saturated heterocycles. The van der Waals surface area contributed by atoms with Gasteiger partial charge in [0.25, 0.3) is 5.91 Å². The van der Waals surface area contributed by atoms with Crippen molar-refractivity contribution in [2.24, 2.45) is 0 Å². The Hall–Kier alpha value is -2.08. The maximum atomic E-state index is 11.6. The first-order chi connectivity index (χ1) is 8.95. The Balaban J connectivity index is 2.11. The average molecular weight is 263 g/mol. The zero-order valence-electron chi connectivity index (χ0n) is 11.2. The number of hydrogen-bond acceptors (Lipinski definition) is 4. The Morgan fingerprint density at radius 2 is 2.21 bits per heavy atom. The van der Waals surface area contributed by atoms with Crippen LogP contribution in [0.4, 0.5) is 5.69 Å². The van der Waals surface area contributed by atoms with Crippen molar-refractivity contribution in [1.82, 2.24) is 10.4 Å². The molecule has 0 saturated carbocycles. The number of rotatable bonds is 3. The van der Waals surface area contributed by atoms with E-state index < -0.39 is 6.10 Å². The molecule has 2 rings (SSSR count). The number of fused-ring (bicyclic) bond motifs is 1. The van der Waals surface area contributed by atoms with Crippen molar-refractivity contribution in [2.45, 2.75) is 19.4 Å². The zero-order chi connectivity index (χ0) is 14.0. The van der Waals surface area contributed by atoms with Gasteiger partial charge in [0.05, 0.1) is 12.1 Å². The number of nitrogens with zero attached hydrogens (tertiary/aromatic N) is 1. The van der Waals surface area contributed by atoms with E-state index in [1.807, 2.05) is 6.07 Å². The Kier molecular flexibility index (Phi) is 3.71. The van der Waals surface area contributed by atoms with Crippen LogP contribution in [0.3, 0.4) is 0 Å². The van der Waals surface area contributed by atoms with Crippen molar-refractivity contribution in [3.05, 3.63) is 23.8 Å². The van der Waals surface area contributed by atoms with Gasteiger partial charge in [0.1, 0.15) is 5.75 Å². The number of benzene rings is 1. The summed E-state index contributed by atoms with van der Waals surface area (Å²) < 4.78 is 5.45. The third-order valence-electron chi connectivity index (χ3n) is 2.69. The molecule has 1 aliphatic rings. The molecule has 0 spiro atoms. The van der Waals surface area contributed by atoms with Crippen molar-refractivity contribution < 1.29 is 14.3 Å². The van der Waals surface area contributed by atoms with Crippen molar-refractivity contribution in [3.8, 4) is 5.75 Å². The minimum atomic E-state index is -0.490. The summed E-state index contributed by atoms with van der Waals surface area (Å²) in [6.45, 7) is 1.69. The number of nitrogens with one attached hydrogen (secondary N) is 2. The first kappa shape index (κ1) is 13.4. The third kappa shape index (κ3) is 3.23.